The third kappa shape index (κ3) is 4.55. The van der Waals surface area contributed by atoms with Crippen molar-refractivity contribution in [1.82, 2.24) is 24.7 Å². The minimum absolute atomic E-state index is 0.00503. The van der Waals surface area contributed by atoms with Gasteiger partial charge in [0.2, 0.25) is 5.91 Å². The number of nitrogens with zero attached hydrogens (tertiary/aromatic N) is 7. The highest BCUT2D eigenvalue weighted by Gasteiger charge is 2.53. The van der Waals surface area contributed by atoms with Crippen LogP contribution in [0.2, 0.25) is 5.02 Å². The van der Waals surface area contributed by atoms with Gasteiger partial charge in [-0.25, -0.2) is 18.7 Å². The van der Waals surface area contributed by atoms with Gasteiger partial charge in [-0.3, -0.25) is 24.2 Å². The Bertz CT molecular complexity index is 1840. The van der Waals surface area contributed by atoms with Crippen molar-refractivity contribution in [3.8, 4) is 17.3 Å². The summed E-state index contributed by atoms with van der Waals surface area (Å²) in [4.78, 5) is 39.8. The number of pyridine rings is 1. The molecule has 6 rings (SSSR count). The van der Waals surface area contributed by atoms with Crippen molar-refractivity contribution < 1.29 is 18.4 Å². The third-order valence-electron chi connectivity index (χ3n) is 7.81. The number of piperidine rings is 1. The zero-order valence-corrected chi connectivity index (χ0v) is 23.4. The fraction of sp³-hybridized carbons (Fsp3) is 0.276. The van der Waals surface area contributed by atoms with Crippen molar-refractivity contribution in [2.45, 2.75) is 33.2 Å². The minimum atomic E-state index is -0.839. The highest BCUT2D eigenvalue weighted by molar-refractivity contribution is 6.31. The van der Waals surface area contributed by atoms with E-state index in [0.717, 1.165) is 6.42 Å². The first-order chi connectivity index (χ1) is 20.1. The number of hydrogen-bond donors (Lipinski definition) is 1. The molecule has 3 atom stereocenters. The molecule has 3 aromatic heterocycles. The monoisotopic (exact) mass is 588 g/mol. The molecule has 1 aliphatic carbocycles. The van der Waals surface area contributed by atoms with E-state index < -0.39 is 23.6 Å². The van der Waals surface area contributed by atoms with Gasteiger partial charge in [0.15, 0.2) is 17.5 Å². The van der Waals surface area contributed by atoms with Gasteiger partial charge in [0.25, 0.3) is 5.91 Å². The second-order valence-corrected chi connectivity index (χ2v) is 10.9. The van der Waals surface area contributed by atoms with Crippen molar-refractivity contribution in [2.24, 2.45) is 11.8 Å². The van der Waals surface area contributed by atoms with Gasteiger partial charge in [-0.15, -0.1) is 0 Å². The zero-order valence-electron chi connectivity index (χ0n) is 22.7. The number of nitrogens with one attached hydrogen (secondary N) is 1. The zero-order chi connectivity index (χ0) is 29.9. The lowest BCUT2D eigenvalue weighted by Gasteiger charge is -2.21. The molecule has 2 fully saturated rings. The van der Waals surface area contributed by atoms with E-state index in [9.17, 15) is 19.2 Å². The summed E-state index contributed by atoms with van der Waals surface area (Å²) in [6, 6.07) is 4.08. The molecule has 1 N–H and O–H groups in total. The van der Waals surface area contributed by atoms with E-state index in [0.29, 0.717) is 29.3 Å². The first kappa shape index (κ1) is 27.4. The van der Waals surface area contributed by atoms with Gasteiger partial charge in [-0.05, 0) is 50.8 Å². The Balaban J connectivity index is 1.22. The summed E-state index contributed by atoms with van der Waals surface area (Å²) < 4.78 is 31.7. The van der Waals surface area contributed by atoms with Crippen molar-refractivity contribution in [3.05, 3.63) is 81.7 Å². The van der Waals surface area contributed by atoms with Gasteiger partial charge < -0.3 is 5.32 Å². The number of halogens is 3. The number of hydrogen-bond acceptors (Lipinski definition) is 7. The highest BCUT2D eigenvalue weighted by atomic mass is 35.5. The lowest BCUT2D eigenvalue weighted by atomic mass is 10.0. The Morgan fingerprint density at radius 3 is 2.69 bits per heavy atom. The molecule has 1 unspecified atom stereocenters. The second kappa shape index (κ2) is 10.3. The molecule has 1 aromatic carbocycles. The number of anilines is 2. The number of benzene rings is 1. The van der Waals surface area contributed by atoms with Gasteiger partial charge in [-0.1, -0.05) is 11.6 Å². The quantitative estimate of drug-likeness (QED) is 0.335. The molecule has 4 heterocycles. The third-order valence-corrected chi connectivity index (χ3v) is 8.10. The van der Waals surface area contributed by atoms with Gasteiger partial charge in [-0.2, -0.15) is 10.4 Å². The Kier molecular flexibility index (Phi) is 6.69. The smallest absolute Gasteiger partial charge is 0.276 e. The number of carbonyl (C=O) groups is 2. The maximum Gasteiger partial charge on any atom is 0.276 e. The molecule has 2 aliphatic rings. The minimum Gasteiger partial charge on any atom is -0.318 e. The van der Waals surface area contributed by atoms with Gasteiger partial charge in [0.05, 0.1) is 57.7 Å². The summed E-state index contributed by atoms with van der Waals surface area (Å²) in [6.45, 7) is 5.51. The lowest BCUT2D eigenvalue weighted by Crippen LogP contribution is -2.30. The fourth-order valence-corrected chi connectivity index (χ4v) is 5.44. The summed E-state index contributed by atoms with van der Waals surface area (Å²) >= 11 is 5.91. The summed E-state index contributed by atoms with van der Waals surface area (Å²) in [5, 5.41) is 16.3. The van der Waals surface area contributed by atoms with E-state index in [2.05, 4.69) is 25.4 Å². The van der Waals surface area contributed by atoms with E-state index in [1.165, 1.54) is 29.4 Å². The Morgan fingerprint density at radius 1 is 1.19 bits per heavy atom. The summed E-state index contributed by atoms with van der Waals surface area (Å²) in [6.07, 6.45) is 6.68. The number of nitriles is 1. The van der Waals surface area contributed by atoms with E-state index >= 15 is 4.39 Å². The molecule has 0 spiro atoms. The molecule has 1 aliphatic heterocycles. The summed E-state index contributed by atoms with van der Waals surface area (Å²) in [7, 11) is 0. The maximum atomic E-state index is 15.4. The van der Waals surface area contributed by atoms with E-state index in [1.54, 1.807) is 30.9 Å². The first-order valence-corrected chi connectivity index (χ1v) is 13.5. The molecule has 4 aromatic rings. The van der Waals surface area contributed by atoms with Crippen LogP contribution in [0, 0.1) is 48.6 Å². The van der Waals surface area contributed by atoms with E-state index in [-0.39, 0.29) is 50.9 Å². The topological polar surface area (TPSA) is 130 Å². The van der Waals surface area contributed by atoms with Crippen LogP contribution in [0.3, 0.4) is 0 Å². The average molecular weight is 589 g/mol. The number of fused-ring (bicyclic) bond motifs is 1. The van der Waals surface area contributed by atoms with Crippen LogP contribution >= 0.6 is 11.6 Å². The van der Waals surface area contributed by atoms with Crippen LogP contribution < -0.4 is 10.2 Å². The predicted molar refractivity (Wildman–Crippen MR) is 149 cm³/mol. The molecule has 1 saturated heterocycles. The fourth-order valence-electron chi connectivity index (χ4n) is 5.28. The van der Waals surface area contributed by atoms with Crippen LogP contribution in [-0.2, 0) is 4.79 Å². The van der Waals surface area contributed by atoms with Crippen molar-refractivity contribution >= 4 is 34.9 Å². The van der Waals surface area contributed by atoms with Crippen LogP contribution in [-0.4, -0.2) is 43.1 Å². The molecule has 1 saturated carbocycles. The van der Waals surface area contributed by atoms with Crippen LogP contribution in [0.5, 0.6) is 0 Å². The van der Waals surface area contributed by atoms with Crippen LogP contribution in [0.1, 0.15) is 52.3 Å². The van der Waals surface area contributed by atoms with Gasteiger partial charge in [0, 0.05) is 30.4 Å². The van der Waals surface area contributed by atoms with Crippen molar-refractivity contribution in [3.63, 3.8) is 0 Å². The predicted octanol–water partition coefficient (Wildman–Crippen LogP) is 5.00. The maximum absolute atomic E-state index is 15.4. The highest BCUT2D eigenvalue weighted by Crippen LogP contribution is 2.47. The van der Waals surface area contributed by atoms with E-state index in [4.69, 9.17) is 11.6 Å². The largest absolute Gasteiger partial charge is 0.318 e. The SMILES string of the molecule is Cc1ncc(-c2c(C#N)ccc(Cl)c2F)nc1C(=O)Nc1cnn(C(C)c2cnc(N3C[C@H]4C[C@H]4C3=O)c(F)c2C)c1. The Hall–Kier alpha value is -4.76. The van der Waals surface area contributed by atoms with E-state index in [1.807, 2.05) is 13.0 Å². The molecule has 10 nitrogen and oxygen atoms in total. The Morgan fingerprint density at radius 2 is 1.98 bits per heavy atom. The number of rotatable bonds is 6. The molecule has 13 heteroatoms. The molecule has 0 radical (unpaired) electrons. The Labute approximate surface area is 244 Å². The molecular weight excluding hydrogens is 566 g/mol. The molecular formula is C29H23ClF2N8O2. The number of aryl methyl sites for hydroxylation is 1. The standard InChI is InChI=1S/C29H23ClF2N8O2/c1-13-20(9-35-27(24(13)31)39-11-17-6-19(17)29(39)42)15(3)40-12-18(8-36-40)37-28(41)26-14(2)34-10-22(38-26)23-16(7-33)4-5-21(30)25(23)32/h4-5,8-10,12,15,17,19H,6,11H2,1-3H3,(H,37,41)/t15?,17-,19-/m1/s1. The number of amides is 2. The molecule has 42 heavy (non-hydrogen) atoms. The second-order valence-electron chi connectivity index (χ2n) is 10.5. The number of carbonyl (C=O) groups excluding carboxylic acids is 2. The number of aromatic nitrogens is 5. The van der Waals surface area contributed by atoms with Gasteiger partial charge in [0.1, 0.15) is 5.69 Å². The van der Waals surface area contributed by atoms with Gasteiger partial charge >= 0.3 is 0 Å². The first-order valence-electron chi connectivity index (χ1n) is 13.1. The van der Waals surface area contributed by atoms with Crippen LogP contribution in [0.25, 0.3) is 11.3 Å². The lowest BCUT2D eigenvalue weighted by molar-refractivity contribution is -0.118. The normalized spacial score (nSPS) is 18.0. The van der Waals surface area contributed by atoms with Crippen LogP contribution in [0.15, 0.2) is 36.9 Å². The molecule has 212 valence electrons. The van der Waals surface area contributed by atoms with Crippen molar-refractivity contribution in [1.29, 1.82) is 5.26 Å². The average Bonchev–Trinajstić information content (AvgIpc) is 3.47. The van der Waals surface area contributed by atoms with Crippen LogP contribution in [0.4, 0.5) is 20.3 Å². The summed E-state index contributed by atoms with van der Waals surface area (Å²) in [5.41, 5.74) is 1.28. The van der Waals surface area contributed by atoms with Crippen molar-refractivity contribution in [2.75, 3.05) is 16.8 Å². The molecule has 2 amide bonds. The summed E-state index contributed by atoms with van der Waals surface area (Å²) in [5.74, 6) is -1.75. The molecule has 0 bridgehead atoms.